The molecule has 6 aromatic carbocycles. The van der Waals surface area contributed by atoms with E-state index >= 15 is 0 Å². The van der Waals surface area contributed by atoms with Crippen LogP contribution in [0.4, 0.5) is 34.1 Å². The van der Waals surface area contributed by atoms with Gasteiger partial charge in [-0.1, -0.05) is 178 Å². The van der Waals surface area contributed by atoms with Crippen molar-refractivity contribution in [3.8, 4) is 11.1 Å². The average Bonchev–Trinajstić information content (AvgIpc) is 3.42. The standard InChI is InChI=1S/C64H77BN2/c1-39-30-45-47(62(13,14)29-28-61(45,11)12)36-53(39)67-54-37-48-46(63(15,16)38-64(48,17)18)35-50(54)65-49-32-42(59(5,6)7)25-27-52(49)66(55-33-43(60(8,9)10)34-56(67)57(55)65)51-26-24-41(58(2,3)4)31-44(51)40-22-20-19-21-23-40/h19-27,30-37H,28-29,38H2,1-18H3. The molecule has 0 unspecified atom stereocenters. The van der Waals surface area contributed by atoms with Gasteiger partial charge in [0.15, 0.2) is 0 Å². The molecule has 2 aliphatic carbocycles. The van der Waals surface area contributed by atoms with Crippen LogP contribution in [0.15, 0.2) is 103 Å². The van der Waals surface area contributed by atoms with Gasteiger partial charge in [0.25, 0.3) is 6.71 Å². The number of benzene rings is 6. The molecular formula is C64H77BN2. The highest BCUT2D eigenvalue weighted by atomic mass is 15.2. The lowest BCUT2D eigenvalue weighted by molar-refractivity contribution is 0.332. The van der Waals surface area contributed by atoms with Crippen molar-refractivity contribution in [3.05, 3.63) is 148 Å². The third-order valence-corrected chi connectivity index (χ3v) is 16.9. The molecular weight excluding hydrogens is 808 g/mol. The Morgan fingerprint density at radius 3 is 1.45 bits per heavy atom. The second-order valence-electron chi connectivity index (χ2n) is 27.0. The third-order valence-electron chi connectivity index (χ3n) is 16.9. The molecule has 0 atom stereocenters. The first-order valence-electron chi connectivity index (χ1n) is 25.5. The predicted molar refractivity (Wildman–Crippen MR) is 293 cm³/mol. The van der Waals surface area contributed by atoms with Crippen LogP contribution in [0.2, 0.25) is 0 Å². The fourth-order valence-electron chi connectivity index (χ4n) is 12.9. The van der Waals surface area contributed by atoms with Gasteiger partial charge in [-0.2, -0.15) is 0 Å². The molecule has 4 aliphatic rings. The van der Waals surface area contributed by atoms with E-state index in [4.69, 9.17) is 0 Å². The predicted octanol–water partition coefficient (Wildman–Crippen LogP) is 15.9. The van der Waals surface area contributed by atoms with Gasteiger partial charge in [0.1, 0.15) is 0 Å². The summed E-state index contributed by atoms with van der Waals surface area (Å²) in [6.45, 7) is 43.6. The highest BCUT2D eigenvalue weighted by Gasteiger charge is 2.49. The van der Waals surface area contributed by atoms with Crippen molar-refractivity contribution in [2.24, 2.45) is 0 Å². The van der Waals surface area contributed by atoms with Crippen LogP contribution in [0, 0.1) is 6.92 Å². The van der Waals surface area contributed by atoms with Gasteiger partial charge in [-0.25, -0.2) is 0 Å². The maximum atomic E-state index is 2.76. The summed E-state index contributed by atoms with van der Waals surface area (Å²) in [5.74, 6) is 0. The summed E-state index contributed by atoms with van der Waals surface area (Å²) in [6.07, 6.45) is 3.51. The maximum absolute atomic E-state index is 2.76. The lowest BCUT2D eigenvalue weighted by atomic mass is 9.33. The summed E-state index contributed by atoms with van der Waals surface area (Å²) in [6, 6.07) is 41.7. The lowest BCUT2D eigenvalue weighted by Crippen LogP contribution is -2.62. The van der Waals surface area contributed by atoms with E-state index in [1.165, 1.54) is 119 Å². The first-order valence-corrected chi connectivity index (χ1v) is 25.5. The van der Waals surface area contributed by atoms with Crippen molar-refractivity contribution < 1.29 is 0 Å². The van der Waals surface area contributed by atoms with Crippen LogP contribution in [0.1, 0.15) is 181 Å². The zero-order valence-corrected chi connectivity index (χ0v) is 44.4. The van der Waals surface area contributed by atoms with E-state index in [1.54, 1.807) is 0 Å². The van der Waals surface area contributed by atoms with Crippen LogP contribution in [-0.2, 0) is 37.9 Å². The quantitative estimate of drug-likeness (QED) is 0.163. The number of nitrogens with zero attached hydrogens (tertiary/aromatic N) is 2. The van der Waals surface area contributed by atoms with Crippen molar-refractivity contribution in [2.75, 3.05) is 9.80 Å². The van der Waals surface area contributed by atoms with Crippen LogP contribution < -0.4 is 26.2 Å². The minimum atomic E-state index is -0.117. The van der Waals surface area contributed by atoms with Gasteiger partial charge in [-0.05, 0) is 173 Å². The van der Waals surface area contributed by atoms with Crippen LogP contribution in [0.3, 0.4) is 0 Å². The number of rotatable bonds is 3. The van der Waals surface area contributed by atoms with E-state index in [0.29, 0.717) is 0 Å². The molecule has 0 spiro atoms. The van der Waals surface area contributed by atoms with Crippen LogP contribution in [0.25, 0.3) is 11.1 Å². The molecule has 0 radical (unpaired) electrons. The van der Waals surface area contributed by atoms with Gasteiger partial charge in [-0.3, -0.25) is 0 Å². The molecule has 0 saturated heterocycles. The van der Waals surface area contributed by atoms with Crippen molar-refractivity contribution in [2.45, 2.75) is 182 Å². The number of hydrogen-bond acceptors (Lipinski definition) is 2. The maximum Gasteiger partial charge on any atom is 0.252 e. The first kappa shape index (κ1) is 45.8. The number of fused-ring (bicyclic) bond motifs is 6. The smallest absolute Gasteiger partial charge is 0.252 e. The third kappa shape index (κ3) is 7.17. The van der Waals surface area contributed by atoms with E-state index in [2.05, 4.69) is 238 Å². The van der Waals surface area contributed by atoms with E-state index in [9.17, 15) is 0 Å². The Hall–Kier alpha value is -5.02. The number of anilines is 6. The minimum Gasteiger partial charge on any atom is -0.311 e. The Morgan fingerprint density at radius 2 is 0.881 bits per heavy atom. The summed E-state index contributed by atoms with van der Waals surface area (Å²) in [7, 11) is 0. The summed E-state index contributed by atoms with van der Waals surface area (Å²) in [5.41, 5.74) is 26.0. The van der Waals surface area contributed by atoms with Gasteiger partial charge in [0, 0.05) is 34.0 Å². The van der Waals surface area contributed by atoms with Crippen molar-refractivity contribution >= 4 is 57.2 Å². The summed E-state index contributed by atoms with van der Waals surface area (Å²) in [5, 5.41) is 0. The molecule has 346 valence electrons. The Morgan fingerprint density at radius 1 is 0.418 bits per heavy atom. The summed E-state index contributed by atoms with van der Waals surface area (Å²) < 4.78 is 0. The van der Waals surface area contributed by atoms with Gasteiger partial charge < -0.3 is 9.80 Å². The zero-order chi connectivity index (χ0) is 48.3. The second kappa shape index (κ2) is 14.5. The Kier molecular flexibility index (Phi) is 9.91. The topological polar surface area (TPSA) is 6.48 Å². The molecule has 0 N–H and O–H groups in total. The minimum absolute atomic E-state index is 0.0107. The normalized spacial score (nSPS) is 18.5. The van der Waals surface area contributed by atoms with Gasteiger partial charge in [-0.15, -0.1) is 0 Å². The van der Waals surface area contributed by atoms with Gasteiger partial charge in [0.2, 0.25) is 0 Å². The monoisotopic (exact) mass is 885 g/mol. The van der Waals surface area contributed by atoms with Crippen LogP contribution >= 0.6 is 0 Å². The molecule has 2 heterocycles. The molecule has 67 heavy (non-hydrogen) atoms. The van der Waals surface area contributed by atoms with Crippen LogP contribution in [0.5, 0.6) is 0 Å². The van der Waals surface area contributed by atoms with Crippen molar-refractivity contribution in [3.63, 3.8) is 0 Å². The molecule has 2 nitrogen and oxygen atoms in total. The van der Waals surface area contributed by atoms with E-state index in [-0.39, 0.29) is 44.6 Å². The van der Waals surface area contributed by atoms with E-state index < -0.39 is 0 Å². The first-order chi connectivity index (χ1) is 31.0. The second-order valence-corrected chi connectivity index (χ2v) is 27.0. The van der Waals surface area contributed by atoms with E-state index in [1.807, 2.05) is 0 Å². The van der Waals surface area contributed by atoms with Gasteiger partial charge in [0.05, 0.1) is 5.69 Å². The molecule has 6 aromatic rings. The molecule has 0 fully saturated rings. The summed E-state index contributed by atoms with van der Waals surface area (Å²) in [4.78, 5) is 5.43. The molecule has 0 amide bonds. The highest BCUT2D eigenvalue weighted by molar-refractivity contribution is 7.00. The van der Waals surface area contributed by atoms with Crippen molar-refractivity contribution in [1.82, 2.24) is 0 Å². The Bertz CT molecular complexity index is 3010. The Labute approximate surface area is 405 Å². The SMILES string of the molecule is Cc1cc2c(cc1N1c3cc4c(cc3B3c5cc(C(C)(C)C)ccc5N(c5ccc(C(C)(C)C)cc5-c5ccccc5)c5cc(C(C)(C)C)cc1c53)C(C)(C)CC4(C)C)C(C)(C)CCC2(C)C. The molecule has 3 heteroatoms. The summed E-state index contributed by atoms with van der Waals surface area (Å²) >= 11 is 0. The molecule has 0 aromatic heterocycles. The molecule has 10 rings (SSSR count). The number of aryl methyl sites for hydroxylation is 1. The molecule has 0 saturated carbocycles. The molecule has 0 bridgehead atoms. The average molecular weight is 885 g/mol. The highest BCUT2D eigenvalue weighted by Crippen LogP contribution is 2.55. The fourth-order valence-corrected chi connectivity index (χ4v) is 12.9. The zero-order valence-electron chi connectivity index (χ0n) is 44.4. The van der Waals surface area contributed by atoms with Crippen molar-refractivity contribution in [1.29, 1.82) is 0 Å². The van der Waals surface area contributed by atoms with Gasteiger partial charge >= 0.3 is 0 Å². The van der Waals surface area contributed by atoms with E-state index in [0.717, 1.165) is 6.42 Å². The lowest BCUT2D eigenvalue weighted by Gasteiger charge is -2.47. The largest absolute Gasteiger partial charge is 0.311 e. The Balaban J connectivity index is 1.38. The van der Waals surface area contributed by atoms with Crippen LogP contribution in [-0.4, -0.2) is 6.71 Å². The number of hydrogen-bond donors (Lipinski definition) is 0. The molecule has 2 aliphatic heterocycles. The fraction of sp³-hybridized carbons (Fsp3) is 0.438.